The summed E-state index contributed by atoms with van der Waals surface area (Å²) in [5, 5.41) is 4.37. The van der Waals surface area contributed by atoms with Crippen LogP contribution in [0.5, 0.6) is 11.6 Å². The van der Waals surface area contributed by atoms with Crippen LogP contribution in [0.3, 0.4) is 0 Å². The Hall–Kier alpha value is -1.81. The molecule has 0 aliphatic carbocycles. The average molecular weight is 244 g/mol. The number of hydrogen-bond acceptors (Lipinski definition) is 4. The first-order valence-corrected chi connectivity index (χ1v) is 6.17. The zero-order valence-corrected chi connectivity index (χ0v) is 10.3. The van der Waals surface area contributed by atoms with Crippen molar-refractivity contribution >= 4 is 10.9 Å². The highest BCUT2D eigenvalue weighted by Gasteiger charge is 2.16. The van der Waals surface area contributed by atoms with Crippen LogP contribution in [-0.2, 0) is 0 Å². The number of methoxy groups -OCH3 is 1. The van der Waals surface area contributed by atoms with Crippen molar-refractivity contribution in [2.24, 2.45) is 0 Å². The van der Waals surface area contributed by atoms with Crippen molar-refractivity contribution in [2.75, 3.05) is 20.2 Å². The van der Waals surface area contributed by atoms with Gasteiger partial charge in [0.05, 0.1) is 12.6 Å². The SMILES string of the molecule is COc1ccc2ccc(OC3CCNC3)nc2c1. The van der Waals surface area contributed by atoms with Crippen molar-refractivity contribution in [1.29, 1.82) is 0 Å². The van der Waals surface area contributed by atoms with Crippen LogP contribution < -0.4 is 14.8 Å². The molecule has 94 valence electrons. The number of rotatable bonds is 3. The summed E-state index contributed by atoms with van der Waals surface area (Å²) in [6.07, 6.45) is 1.28. The van der Waals surface area contributed by atoms with Gasteiger partial charge in [0.1, 0.15) is 11.9 Å². The van der Waals surface area contributed by atoms with Gasteiger partial charge in [-0.25, -0.2) is 4.98 Å². The van der Waals surface area contributed by atoms with E-state index in [2.05, 4.69) is 10.3 Å². The largest absolute Gasteiger partial charge is 0.497 e. The number of fused-ring (bicyclic) bond motifs is 1. The van der Waals surface area contributed by atoms with E-state index in [-0.39, 0.29) is 6.10 Å². The minimum Gasteiger partial charge on any atom is -0.497 e. The lowest BCUT2D eigenvalue weighted by Gasteiger charge is -2.12. The zero-order chi connectivity index (χ0) is 12.4. The average Bonchev–Trinajstić information content (AvgIpc) is 2.90. The summed E-state index contributed by atoms with van der Waals surface area (Å²) in [5.41, 5.74) is 0.901. The molecule has 1 aliphatic heterocycles. The number of hydrogen-bond donors (Lipinski definition) is 1. The fourth-order valence-corrected chi connectivity index (χ4v) is 2.17. The summed E-state index contributed by atoms with van der Waals surface area (Å²) in [4.78, 5) is 4.52. The third kappa shape index (κ3) is 2.24. The molecule has 4 nitrogen and oxygen atoms in total. The van der Waals surface area contributed by atoms with Gasteiger partial charge < -0.3 is 14.8 Å². The van der Waals surface area contributed by atoms with Crippen molar-refractivity contribution in [3.63, 3.8) is 0 Å². The van der Waals surface area contributed by atoms with Crippen molar-refractivity contribution in [2.45, 2.75) is 12.5 Å². The minimum absolute atomic E-state index is 0.237. The Morgan fingerprint density at radius 2 is 2.17 bits per heavy atom. The molecule has 1 fully saturated rings. The zero-order valence-electron chi connectivity index (χ0n) is 10.3. The van der Waals surface area contributed by atoms with Crippen LogP contribution in [0.25, 0.3) is 10.9 Å². The summed E-state index contributed by atoms with van der Waals surface area (Å²) in [6, 6.07) is 9.81. The Morgan fingerprint density at radius 1 is 1.28 bits per heavy atom. The molecule has 0 saturated carbocycles. The normalized spacial score (nSPS) is 19.1. The summed E-state index contributed by atoms with van der Waals surface area (Å²) in [7, 11) is 1.66. The van der Waals surface area contributed by atoms with Crippen LogP contribution >= 0.6 is 0 Å². The maximum absolute atomic E-state index is 5.84. The summed E-state index contributed by atoms with van der Waals surface area (Å²) < 4.78 is 11.0. The topological polar surface area (TPSA) is 43.4 Å². The maximum Gasteiger partial charge on any atom is 0.214 e. The summed E-state index contributed by atoms with van der Waals surface area (Å²) in [5.74, 6) is 1.50. The molecular formula is C14H16N2O2. The second-order valence-electron chi connectivity index (χ2n) is 4.44. The van der Waals surface area contributed by atoms with Gasteiger partial charge in [0.15, 0.2) is 0 Å². The van der Waals surface area contributed by atoms with Crippen LogP contribution in [0.4, 0.5) is 0 Å². The molecule has 2 heterocycles. The third-order valence-electron chi connectivity index (χ3n) is 3.18. The number of ether oxygens (including phenoxy) is 2. The van der Waals surface area contributed by atoms with E-state index in [1.807, 2.05) is 30.3 Å². The van der Waals surface area contributed by atoms with Gasteiger partial charge in [-0.05, 0) is 31.2 Å². The molecule has 4 heteroatoms. The quantitative estimate of drug-likeness (QED) is 0.896. The maximum atomic E-state index is 5.84. The monoisotopic (exact) mass is 244 g/mol. The van der Waals surface area contributed by atoms with Gasteiger partial charge in [-0.3, -0.25) is 0 Å². The number of benzene rings is 1. The highest BCUT2D eigenvalue weighted by molar-refractivity contribution is 5.80. The van der Waals surface area contributed by atoms with Crippen molar-refractivity contribution in [3.05, 3.63) is 30.3 Å². The Labute approximate surface area is 106 Å². The second kappa shape index (κ2) is 4.82. The standard InChI is InChI=1S/C14H16N2O2/c1-17-11-4-2-10-3-5-14(16-13(10)8-11)18-12-6-7-15-9-12/h2-5,8,12,15H,6-7,9H2,1H3. The first-order chi connectivity index (χ1) is 8.85. The van der Waals surface area contributed by atoms with Crippen LogP contribution in [0, 0.1) is 0 Å². The Balaban J connectivity index is 1.88. The Morgan fingerprint density at radius 3 is 2.94 bits per heavy atom. The molecule has 0 amide bonds. The number of nitrogens with one attached hydrogen (secondary N) is 1. The summed E-state index contributed by atoms with van der Waals surface area (Å²) in [6.45, 7) is 1.92. The lowest BCUT2D eigenvalue weighted by molar-refractivity contribution is 0.215. The van der Waals surface area contributed by atoms with Gasteiger partial charge in [-0.15, -0.1) is 0 Å². The van der Waals surface area contributed by atoms with Crippen molar-refractivity contribution < 1.29 is 9.47 Å². The molecule has 1 atom stereocenters. The van der Waals surface area contributed by atoms with Crippen LogP contribution in [0.1, 0.15) is 6.42 Å². The minimum atomic E-state index is 0.237. The Kier molecular flexibility index (Phi) is 3.02. The number of nitrogens with zero attached hydrogens (tertiary/aromatic N) is 1. The predicted octanol–water partition coefficient (Wildman–Crippen LogP) is 1.98. The number of aromatic nitrogens is 1. The first kappa shape index (κ1) is 11.3. The molecule has 1 unspecified atom stereocenters. The van der Waals surface area contributed by atoms with Gasteiger partial charge >= 0.3 is 0 Å². The van der Waals surface area contributed by atoms with Crippen molar-refractivity contribution in [3.8, 4) is 11.6 Å². The van der Waals surface area contributed by atoms with E-state index in [1.54, 1.807) is 7.11 Å². The lowest BCUT2D eigenvalue weighted by atomic mass is 10.2. The van der Waals surface area contributed by atoms with E-state index < -0.39 is 0 Å². The van der Waals surface area contributed by atoms with Gasteiger partial charge in [0.25, 0.3) is 0 Å². The Bertz CT molecular complexity index is 550. The van der Waals surface area contributed by atoms with E-state index in [4.69, 9.17) is 9.47 Å². The fourth-order valence-electron chi connectivity index (χ4n) is 2.17. The van der Waals surface area contributed by atoms with E-state index in [1.165, 1.54) is 0 Å². The molecule has 1 N–H and O–H groups in total. The molecule has 18 heavy (non-hydrogen) atoms. The third-order valence-corrected chi connectivity index (χ3v) is 3.18. The van der Waals surface area contributed by atoms with Gasteiger partial charge in [0.2, 0.25) is 5.88 Å². The van der Waals surface area contributed by atoms with Gasteiger partial charge in [0, 0.05) is 24.1 Å². The molecule has 0 bridgehead atoms. The van der Waals surface area contributed by atoms with Crippen LogP contribution in [-0.4, -0.2) is 31.3 Å². The molecule has 1 aliphatic rings. The van der Waals surface area contributed by atoms with E-state index in [0.717, 1.165) is 36.2 Å². The fraction of sp³-hybridized carbons (Fsp3) is 0.357. The molecule has 0 spiro atoms. The molecule has 1 saturated heterocycles. The summed E-state index contributed by atoms with van der Waals surface area (Å²) >= 11 is 0. The highest BCUT2D eigenvalue weighted by atomic mass is 16.5. The highest BCUT2D eigenvalue weighted by Crippen LogP contribution is 2.22. The van der Waals surface area contributed by atoms with Gasteiger partial charge in [-0.1, -0.05) is 0 Å². The molecule has 3 rings (SSSR count). The van der Waals surface area contributed by atoms with Crippen molar-refractivity contribution in [1.82, 2.24) is 10.3 Å². The van der Waals surface area contributed by atoms with E-state index in [0.29, 0.717) is 5.88 Å². The van der Waals surface area contributed by atoms with Gasteiger partial charge in [-0.2, -0.15) is 0 Å². The molecule has 0 radical (unpaired) electrons. The molecule has 1 aromatic carbocycles. The smallest absolute Gasteiger partial charge is 0.214 e. The molecule has 2 aromatic rings. The van der Waals surface area contributed by atoms with E-state index >= 15 is 0 Å². The first-order valence-electron chi connectivity index (χ1n) is 6.17. The molecule has 1 aromatic heterocycles. The number of pyridine rings is 1. The second-order valence-corrected chi connectivity index (χ2v) is 4.44. The van der Waals surface area contributed by atoms with E-state index in [9.17, 15) is 0 Å². The molecular weight excluding hydrogens is 228 g/mol. The predicted molar refractivity (Wildman–Crippen MR) is 70.2 cm³/mol. The van der Waals surface area contributed by atoms with Crippen LogP contribution in [0.15, 0.2) is 30.3 Å². The lowest BCUT2D eigenvalue weighted by Crippen LogP contribution is -2.19. The van der Waals surface area contributed by atoms with Crippen LogP contribution in [0.2, 0.25) is 0 Å².